The van der Waals surface area contributed by atoms with Gasteiger partial charge >= 0.3 is 5.97 Å². The molecule has 0 aliphatic heterocycles. The maximum absolute atomic E-state index is 11.3. The maximum Gasteiger partial charge on any atom is 0.305 e. The molecule has 0 bridgehead atoms. The van der Waals surface area contributed by atoms with Crippen LogP contribution in [0, 0.1) is 11.3 Å². The standard InChI is InChI=1S/C15H16N4O2/c1-2-14(20)21-9-8-15(10-16,19-12-17-11-18-19)13-6-4-3-5-7-13/h3-7,11-12H,2,8-9H2,1H3. The Morgan fingerprint density at radius 1 is 1.43 bits per heavy atom. The molecule has 0 aliphatic carbocycles. The lowest BCUT2D eigenvalue weighted by atomic mass is 9.88. The highest BCUT2D eigenvalue weighted by Gasteiger charge is 2.35. The molecular weight excluding hydrogens is 268 g/mol. The molecule has 6 heteroatoms. The summed E-state index contributed by atoms with van der Waals surface area (Å²) in [5, 5.41) is 13.8. The Hall–Kier alpha value is -2.68. The first-order valence-corrected chi connectivity index (χ1v) is 6.70. The number of aromatic nitrogens is 3. The summed E-state index contributed by atoms with van der Waals surface area (Å²) in [4.78, 5) is 15.2. The third kappa shape index (κ3) is 3.08. The van der Waals surface area contributed by atoms with Gasteiger partial charge in [0.25, 0.3) is 0 Å². The van der Waals surface area contributed by atoms with E-state index in [1.54, 1.807) is 6.92 Å². The van der Waals surface area contributed by atoms with Crippen molar-refractivity contribution in [1.29, 1.82) is 5.26 Å². The van der Waals surface area contributed by atoms with Gasteiger partial charge in [0.2, 0.25) is 0 Å². The van der Waals surface area contributed by atoms with Gasteiger partial charge in [-0.1, -0.05) is 37.3 Å². The summed E-state index contributed by atoms with van der Waals surface area (Å²) in [6, 6.07) is 11.6. The highest BCUT2D eigenvalue weighted by Crippen LogP contribution is 2.28. The summed E-state index contributed by atoms with van der Waals surface area (Å²) >= 11 is 0. The minimum Gasteiger partial charge on any atom is -0.466 e. The number of hydrogen-bond donors (Lipinski definition) is 0. The van der Waals surface area contributed by atoms with E-state index in [0.29, 0.717) is 12.8 Å². The Balaban J connectivity index is 2.31. The quantitative estimate of drug-likeness (QED) is 0.757. The molecule has 0 N–H and O–H groups in total. The summed E-state index contributed by atoms with van der Waals surface area (Å²) in [6.45, 7) is 1.88. The van der Waals surface area contributed by atoms with E-state index in [9.17, 15) is 10.1 Å². The van der Waals surface area contributed by atoms with Gasteiger partial charge in [-0.25, -0.2) is 9.67 Å². The molecule has 1 aromatic heterocycles. The normalized spacial score (nSPS) is 13.1. The lowest BCUT2D eigenvalue weighted by molar-refractivity contribution is -0.143. The van der Waals surface area contributed by atoms with Gasteiger partial charge in [-0.05, 0) is 5.56 Å². The molecule has 0 amide bonds. The van der Waals surface area contributed by atoms with E-state index in [4.69, 9.17) is 4.74 Å². The first-order valence-electron chi connectivity index (χ1n) is 6.70. The minimum atomic E-state index is -1.04. The second kappa shape index (κ2) is 6.66. The van der Waals surface area contributed by atoms with E-state index in [2.05, 4.69) is 16.2 Å². The zero-order chi connectivity index (χ0) is 15.1. The number of nitriles is 1. The third-order valence-corrected chi connectivity index (χ3v) is 3.26. The molecule has 1 heterocycles. The van der Waals surface area contributed by atoms with Crippen LogP contribution in [0.1, 0.15) is 25.3 Å². The van der Waals surface area contributed by atoms with E-state index in [1.807, 2.05) is 30.3 Å². The maximum atomic E-state index is 11.3. The first-order chi connectivity index (χ1) is 10.2. The van der Waals surface area contributed by atoms with Crippen molar-refractivity contribution in [1.82, 2.24) is 14.8 Å². The van der Waals surface area contributed by atoms with Crippen molar-refractivity contribution in [3.8, 4) is 6.07 Å². The van der Waals surface area contributed by atoms with Crippen molar-refractivity contribution in [2.45, 2.75) is 25.3 Å². The number of ether oxygens (including phenoxy) is 1. The van der Waals surface area contributed by atoms with Crippen molar-refractivity contribution < 1.29 is 9.53 Å². The molecule has 0 radical (unpaired) electrons. The summed E-state index contributed by atoms with van der Waals surface area (Å²) in [5.41, 5.74) is -0.253. The van der Waals surface area contributed by atoms with Crippen molar-refractivity contribution in [3.63, 3.8) is 0 Å². The average Bonchev–Trinajstić information content (AvgIpc) is 3.07. The topological polar surface area (TPSA) is 80.8 Å². The molecule has 108 valence electrons. The van der Waals surface area contributed by atoms with Crippen LogP contribution in [0.5, 0.6) is 0 Å². The Morgan fingerprint density at radius 3 is 2.76 bits per heavy atom. The Morgan fingerprint density at radius 2 is 2.19 bits per heavy atom. The Bertz CT molecular complexity index is 619. The summed E-state index contributed by atoms with van der Waals surface area (Å²) in [5.74, 6) is -0.284. The van der Waals surface area contributed by atoms with Crippen molar-refractivity contribution in [2.24, 2.45) is 0 Å². The molecular formula is C15H16N4O2. The fourth-order valence-corrected chi connectivity index (χ4v) is 2.10. The van der Waals surface area contributed by atoms with Crippen molar-refractivity contribution in [2.75, 3.05) is 6.61 Å². The molecule has 21 heavy (non-hydrogen) atoms. The number of esters is 1. The van der Waals surface area contributed by atoms with Gasteiger partial charge in [0, 0.05) is 12.8 Å². The molecule has 0 aliphatic rings. The molecule has 0 saturated heterocycles. The van der Waals surface area contributed by atoms with Gasteiger partial charge in [0.1, 0.15) is 12.7 Å². The lowest BCUT2D eigenvalue weighted by Gasteiger charge is -2.27. The SMILES string of the molecule is CCC(=O)OCCC(C#N)(c1ccccc1)n1cncn1. The van der Waals surface area contributed by atoms with E-state index < -0.39 is 5.54 Å². The molecule has 6 nitrogen and oxygen atoms in total. The van der Waals surface area contributed by atoms with Crippen LogP contribution in [-0.2, 0) is 15.1 Å². The predicted octanol–water partition coefficient (Wildman–Crippen LogP) is 1.89. The minimum absolute atomic E-state index is 0.148. The molecule has 0 saturated carbocycles. The fraction of sp³-hybridized carbons (Fsp3) is 0.333. The number of carbonyl (C=O) groups excluding carboxylic acids is 1. The largest absolute Gasteiger partial charge is 0.466 e. The van der Waals surface area contributed by atoms with Crippen LogP contribution in [-0.4, -0.2) is 27.3 Å². The third-order valence-electron chi connectivity index (χ3n) is 3.26. The smallest absolute Gasteiger partial charge is 0.305 e. The van der Waals surface area contributed by atoms with Gasteiger partial charge in [-0.15, -0.1) is 0 Å². The number of benzene rings is 1. The van der Waals surface area contributed by atoms with Crippen LogP contribution in [0.3, 0.4) is 0 Å². The van der Waals surface area contributed by atoms with Gasteiger partial charge < -0.3 is 4.74 Å². The van der Waals surface area contributed by atoms with Crippen LogP contribution in [0.4, 0.5) is 0 Å². The number of hydrogen-bond acceptors (Lipinski definition) is 5. The second-order valence-corrected chi connectivity index (χ2v) is 4.50. The average molecular weight is 284 g/mol. The number of nitrogens with zero attached hydrogens (tertiary/aromatic N) is 4. The fourth-order valence-electron chi connectivity index (χ4n) is 2.10. The van der Waals surface area contributed by atoms with E-state index in [-0.39, 0.29) is 12.6 Å². The van der Waals surface area contributed by atoms with Crippen LogP contribution >= 0.6 is 0 Å². The van der Waals surface area contributed by atoms with Crippen LogP contribution < -0.4 is 0 Å². The Kier molecular flexibility index (Phi) is 4.67. The molecule has 1 unspecified atom stereocenters. The van der Waals surface area contributed by atoms with Crippen LogP contribution in [0.15, 0.2) is 43.0 Å². The van der Waals surface area contributed by atoms with Gasteiger partial charge in [0.05, 0.1) is 12.7 Å². The van der Waals surface area contributed by atoms with Gasteiger partial charge in [0.15, 0.2) is 5.54 Å². The highest BCUT2D eigenvalue weighted by molar-refractivity contribution is 5.68. The second-order valence-electron chi connectivity index (χ2n) is 4.50. The van der Waals surface area contributed by atoms with Crippen molar-refractivity contribution in [3.05, 3.63) is 48.5 Å². The Labute approximate surface area is 123 Å². The van der Waals surface area contributed by atoms with Crippen LogP contribution in [0.25, 0.3) is 0 Å². The zero-order valence-corrected chi connectivity index (χ0v) is 11.8. The predicted molar refractivity (Wildman–Crippen MR) is 75.0 cm³/mol. The lowest BCUT2D eigenvalue weighted by Crippen LogP contribution is -2.35. The molecule has 1 aromatic carbocycles. The summed E-state index contributed by atoms with van der Waals surface area (Å²) in [6.07, 6.45) is 3.50. The van der Waals surface area contributed by atoms with E-state index in [1.165, 1.54) is 17.3 Å². The number of carbonyl (C=O) groups is 1. The van der Waals surface area contributed by atoms with Crippen molar-refractivity contribution >= 4 is 5.97 Å². The van der Waals surface area contributed by atoms with Gasteiger partial charge in [-0.3, -0.25) is 4.79 Å². The first kappa shape index (κ1) is 14.7. The molecule has 0 spiro atoms. The molecule has 2 rings (SSSR count). The van der Waals surface area contributed by atoms with Gasteiger partial charge in [-0.2, -0.15) is 10.4 Å². The summed E-state index contributed by atoms with van der Waals surface area (Å²) in [7, 11) is 0. The zero-order valence-electron chi connectivity index (χ0n) is 11.8. The monoisotopic (exact) mass is 284 g/mol. The molecule has 0 fully saturated rings. The highest BCUT2D eigenvalue weighted by atomic mass is 16.5. The van der Waals surface area contributed by atoms with E-state index >= 15 is 0 Å². The van der Waals surface area contributed by atoms with Crippen LogP contribution in [0.2, 0.25) is 0 Å². The molecule has 1 atom stereocenters. The summed E-state index contributed by atoms with van der Waals surface area (Å²) < 4.78 is 6.62. The number of rotatable bonds is 6. The molecule has 2 aromatic rings. The van der Waals surface area contributed by atoms with E-state index in [0.717, 1.165) is 5.56 Å².